The molecule has 0 atom stereocenters. The first-order valence-electron chi connectivity index (χ1n) is 7.18. The van der Waals surface area contributed by atoms with Gasteiger partial charge in [-0.1, -0.05) is 60.7 Å². The molecule has 1 N–H and O–H groups in total. The summed E-state index contributed by atoms with van der Waals surface area (Å²) in [7, 11) is 0. The maximum atomic E-state index is 7.88. The van der Waals surface area contributed by atoms with Gasteiger partial charge in [0.25, 0.3) is 0 Å². The monoisotopic (exact) mass is 269 g/mol. The van der Waals surface area contributed by atoms with Gasteiger partial charge in [-0.25, -0.2) is 0 Å². The summed E-state index contributed by atoms with van der Waals surface area (Å²) in [5.74, 6) is 0. The molecule has 0 radical (unpaired) electrons. The molecule has 1 nitrogen and oxygen atoms in total. The maximum Gasteiger partial charge on any atom is 0.0543 e. The van der Waals surface area contributed by atoms with Crippen molar-refractivity contribution in [3.63, 3.8) is 0 Å². The third-order valence-electron chi connectivity index (χ3n) is 4.10. The van der Waals surface area contributed by atoms with Gasteiger partial charge < -0.3 is 5.41 Å². The third kappa shape index (κ3) is 1.98. The minimum absolute atomic E-state index is 0.584. The van der Waals surface area contributed by atoms with E-state index in [0.29, 0.717) is 5.71 Å². The fourth-order valence-electron chi connectivity index (χ4n) is 3.17. The summed E-state index contributed by atoms with van der Waals surface area (Å²) in [6, 6.07) is 19.1. The van der Waals surface area contributed by atoms with E-state index < -0.39 is 0 Å². The largest absolute Gasteiger partial charge is 0.301 e. The van der Waals surface area contributed by atoms with E-state index in [0.717, 1.165) is 6.42 Å². The molecule has 0 spiro atoms. The Balaban J connectivity index is 2.04. The first kappa shape index (κ1) is 12.1. The van der Waals surface area contributed by atoms with Crippen molar-refractivity contribution in [2.75, 3.05) is 0 Å². The van der Waals surface area contributed by atoms with E-state index >= 15 is 0 Å². The van der Waals surface area contributed by atoms with Gasteiger partial charge in [0.1, 0.15) is 0 Å². The highest BCUT2D eigenvalue weighted by Gasteiger charge is 2.23. The molecule has 0 bridgehead atoms. The molecule has 0 fully saturated rings. The second-order valence-corrected chi connectivity index (χ2v) is 5.45. The van der Waals surface area contributed by atoms with E-state index in [1.54, 1.807) is 0 Å². The first-order valence-corrected chi connectivity index (χ1v) is 7.18. The summed E-state index contributed by atoms with van der Waals surface area (Å²) in [5, 5.41) is 7.88. The summed E-state index contributed by atoms with van der Waals surface area (Å²) in [5.41, 5.74) is 8.27. The van der Waals surface area contributed by atoms with E-state index in [1.807, 2.05) is 18.2 Å². The quantitative estimate of drug-likeness (QED) is 0.784. The highest BCUT2D eigenvalue weighted by molar-refractivity contribution is 6.06. The highest BCUT2D eigenvalue weighted by atomic mass is 14.4. The van der Waals surface area contributed by atoms with E-state index in [-0.39, 0.29) is 0 Å². The molecule has 0 unspecified atom stereocenters. The average molecular weight is 269 g/mol. The van der Waals surface area contributed by atoms with Crippen LogP contribution in [0.4, 0.5) is 0 Å². The van der Waals surface area contributed by atoms with Crippen molar-refractivity contribution in [2.45, 2.75) is 6.42 Å². The molecule has 2 aliphatic rings. The van der Waals surface area contributed by atoms with E-state index in [4.69, 9.17) is 5.41 Å². The molecule has 1 heteroatoms. The van der Waals surface area contributed by atoms with Crippen LogP contribution < -0.4 is 0 Å². The number of hydrogen-bond donors (Lipinski definition) is 1. The number of allylic oxidation sites excluding steroid dienone is 5. The number of benzene rings is 2. The molecule has 2 aliphatic carbocycles. The lowest BCUT2D eigenvalue weighted by Gasteiger charge is -2.26. The number of hydrogen-bond acceptors (Lipinski definition) is 1. The van der Waals surface area contributed by atoms with E-state index in [2.05, 4.69) is 54.6 Å². The average Bonchev–Trinajstić information content (AvgIpc) is 2.53. The zero-order valence-electron chi connectivity index (χ0n) is 11.6. The Labute approximate surface area is 124 Å². The van der Waals surface area contributed by atoms with Gasteiger partial charge >= 0.3 is 0 Å². The van der Waals surface area contributed by atoms with Crippen LogP contribution >= 0.6 is 0 Å². The molecule has 100 valence electrons. The molecule has 0 saturated carbocycles. The Bertz CT molecular complexity index is 820. The summed E-state index contributed by atoms with van der Waals surface area (Å²) >= 11 is 0. The summed E-state index contributed by atoms with van der Waals surface area (Å²) in [4.78, 5) is 0. The first-order chi connectivity index (χ1) is 10.3. The van der Waals surface area contributed by atoms with Crippen LogP contribution in [-0.4, -0.2) is 5.71 Å². The number of fused-ring (bicyclic) bond motifs is 2. The van der Waals surface area contributed by atoms with Crippen LogP contribution in [0.2, 0.25) is 0 Å². The fraction of sp³-hybridized carbons (Fsp3) is 0.0500. The van der Waals surface area contributed by atoms with Crippen LogP contribution in [0.3, 0.4) is 0 Å². The molecule has 4 rings (SSSR count). The van der Waals surface area contributed by atoms with Gasteiger partial charge in [0.05, 0.1) is 5.71 Å². The van der Waals surface area contributed by atoms with Crippen LogP contribution in [0.5, 0.6) is 0 Å². The van der Waals surface area contributed by atoms with Crippen molar-refractivity contribution in [1.82, 2.24) is 0 Å². The number of nitrogens with one attached hydrogen (secondary N) is 1. The predicted octanol–water partition coefficient (Wildman–Crippen LogP) is 4.56. The lowest BCUT2D eigenvalue weighted by molar-refractivity contribution is 1.13. The Kier molecular flexibility index (Phi) is 2.71. The fourth-order valence-corrected chi connectivity index (χ4v) is 3.17. The third-order valence-corrected chi connectivity index (χ3v) is 4.10. The van der Waals surface area contributed by atoms with Gasteiger partial charge in [-0.15, -0.1) is 0 Å². The maximum absolute atomic E-state index is 7.88. The lowest BCUT2D eigenvalue weighted by Crippen LogP contribution is -2.11. The standard InChI is InChI=1S/C20H15N/c21-17-10-11-19-16(13-17)12-15-8-4-5-9-18(15)20(19)14-6-2-1-3-7-14/h1-11,13,21H,12H2. The van der Waals surface area contributed by atoms with Crippen molar-refractivity contribution >= 4 is 11.3 Å². The van der Waals surface area contributed by atoms with Gasteiger partial charge in [0.2, 0.25) is 0 Å². The summed E-state index contributed by atoms with van der Waals surface area (Å²) < 4.78 is 0. The van der Waals surface area contributed by atoms with Crippen molar-refractivity contribution in [2.24, 2.45) is 0 Å². The predicted molar refractivity (Wildman–Crippen MR) is 87.6 cm³/mol. The van der Waals surface area contributed by atoms with Gasteiger partial charge in [0, 0.05) is 0 Å². The highest BCUT2D eigenvalue weighted by Crippen LogP contribution is 2.40. The van der Waals surface area contributed by atoms with E-state index in [9.17, 15) is 0 Å². The van der Waals surface area contributed by atoms with Crippen molar-refractivity contribution in [3.8, 4) is 0 Å². The second kappa shape index (κ2) is 4.71. The molecule has 2 aromatic rings. The summed E-state index contributed by atoms with van der Waals surface area (Å²) in [6.45, 7) is 0. The molecular formula is C20H15N. The Morgan fingerprint density at radius 2 is 1.57 bits per heavy atom. The molecule has 0 aromatic heterocycles. The van der Waals surface area contributed by atoms with Crippen molar-refractivity contribution < 1.29 is 0 Å². The van der Waals surface area contributed by atoms with Crippen LogP contribution in [0.25, 0.3) is 5.57 Å². The Morgan fingerprint density at radius 1 is 0.810 bits per heavy atom. The van der Waals surface area contributed by atoms with Gasteiger partial charge in [-0.2, -0.15) is 0 Å². The molecule has 2 aromatic carbocycles. The zero-order chi connectivity index (χ0) is 14.2. The Hall–Kier alpha value is -2.67. The summed E-state index contributed by atoms with van der Waals surface area (Å²) in [6.07, 6.45) is 6.88. The molecule has 0 heterocycles. The molecule has 21 heavy (non-hydrogen) atoms. The van der Waals surface area contributed by atoms with Crippen LogP contribution in [-0.2, 0) is 6.42 Å². The van der Waals surface area contributed by atoms with E-state index in [1.165, 1.54) is 33.4 Å². The van der Waals surface area contributed by atoms with Crippen LogP contribution in [0.1, 0.15) is 16.7 Å². The molecule has 0 amide bonds. The van der Waals surface area contributed by atoms with Gasteiger partial charge in [0.15, 0.2) is 0 Å². The van der Waals surface area contributed by atoms with Crippen molar-refractivity contribution in [3.05, 3.63) is 101 Å². The SMILES string of the molecule is N=C1C=CC2=C(c3ccccc3)c3ccccc3CC2=C1. The van der Waals surface area contributed by atoms with Crippen molar-refractivity contribution in [1.29, 1.82) is 5.41 Å². The second-order valence-electron chi connectivity index (χ2n) is 5.45. The van der Waals surface area contributed by atoms with Crippen LogP contribution in [0.15, 0.2) is 84.0 Å². The molecule has 0 saturated heterocycles. The minimum Gasteiger partial charge on any atom is -0.301 e. The molecular weight excluding hydrogens is 254 g/mol. The van der Waals surface area contributed by atoms with Gasteiger partial charge in [-0.05, 0) is 52.0 Å². The van der Waals surface area contributed by atoms with Crippen LogP contribution in [0, 0.1) is 5.41 Å². The Morgan fingerprint density at radius 3 is 2.43 bits per heavy atom. The van der Waals surface area contributed by atoms with Gasteiger partial charge in [-0.3, -0.25) is 0 Å². The zero-order valence-corrected chi connectivity index (χ0v) is 11.6. The minimum atomic E-state index is 0.584. The lowest BCUT2D eigenvalue weighted by atomic mass is 9.77. The normalized spacial score (nSPS) is 16.4. The number of rotatable bonds is 1. The topological polar surface area (TPSA) is 23.9 Å². The molecule has 0 aliphatic heterocycles. The smallest absolute Gasteiger partial charge is 0.0543 e.